The first kappa shape index (κ1) is 21.0. The van der Waals surface area contributed by atoms with Crippen LogP contribution in [0.2, 0.25) is 0 Å². The summed E-state index contributed by atoms with van der Waals surface area (Å²) >= 11 is 1.57. The Bertz CT molecular complexity index is 787. The highest BCUT2D eigenvalue weighted by Crippen LogP contribution is 2.19. The van der Waals surface area contributed by atoms with Gasteiger partial charge in [-0.1, -0.05) is 32.9 Å². The zero-order chi connectivity index (χ0) is 19.8. The smallest absolute Gasteiger partial charge is 0.304 e. The number of aromatic nitrogens is 2. The number of hydrogen-bond acceptors (Lipinski definition) is 4. The Kier molecular flexibility index (Phi) is 7.91. The Labute approximate surface area is 164 Å². The topological polar surface area (TPSA) is 84.2 Å². The molecule has 1 heterocycles. The van der Waals surface area contributed by atoms with Crippen LogP contribution < -0.4 is 5.32 Å². The minimum atomic E-state index is -0.784. The molecular weight excluding hydrogens is 362 g/mol. The van der Waals surface area contributed by atoms with Gasteiger partial charge in [0.25, 0.3) is 5.91 Å². The minimum absolute atomic E-state index is 0.154. The minimum Gasteiger partial charge on any atom is -0.481 e. The summed E-state index contributed by atoms with van der Waals surface area (Å²) in [5, 5.41) is 16.0. The van der Waals surface area contributed by atoms with Crippen LogP contribution in [-0.2, 0) is 23.5 Å². The molecule has 2 rings (SSSR count). The fraction of sp³-hybridized carbons (Fsp3) is 0.450. The van der Waals surface area contributed by atoms with Crippen molar-refractivity contribution in [2.45, 2.75) is 45.9 Å². The highest BCUT2D eigenvalue weighted by Gasteiger charge is 2.17. The molecule has 27 heavy (non-hydrogen) atoms. The van der Waals surface area contributed by atoms with Crippen molar-refractivity contribution in [3.8, 4) is 0 Å². The van der Waals surface area contributed by atoms with E-state index in [0.29, 0.717) is 23.0 Å². The summed E-state index contributed by atoms with van der Waals surface area (Å²) in [5.74, 6) is 0.803. The number of carbonyl (C=O) groups is 2. The van der Waals surface area contributed by atoms with E-state index in [4.69, 9.17) is 5.11 Å². The van der Waals surface area contributed by atoms with E-state index in [1.165, 1.54) is 0 Å². The van der Waals surface area contributed by atoms with E-state index < -0.39 is 5.97 Å². The first-order valence-electron chi connectivity index (χ1n) is 9.15. The molecule has 0 spiro atoms. The second-order valence-electron chi connectivity index (χ2n) is 6.79. The molecule has 146 valence electrons. The normalized spacial score (nSPS) is 11.0. The standard InChI is InChI=1S/C20H27N3O3S/c1-4-18-17(11-21-23(18)12-14(2)3)20(26)22-16-7-5-6-15(10-16)13-27-9-8-19(24)25/h5-7,10-11,14H,4,8-9,12-13H2,1-3H3,(H,22,26)(H,24,25). The number of benzene rings is 1. The van der Waals surface area contributed by atoms with Crippen LogP contribution in [0.1, 0.15) is 48.8 Å². The number of hydrogen-bond donors (Lipinski definition) is 2. The van der Waals surface area contributed by atoms with Crippen molar-refractivity contribution >= 4 is 29.3 Å². The van der Waals surface area contributed by atoms with Crippen molar-refractivity contribution in [2.75, 3.05) is 11.1 Å². The Morgan fingerprint density at radius 1 is 1.33 bits per heavy atom. The van der Waals surface area contributed by atoms with Crippen LogP contribution in [-0.4, -0.2) is 32.5 Å². The van der Waals surface area contributed by atoms with E-state index in [1.807, 2.05) is 35.9 Å². The molecule has 0 saturated heterocycles. The van der Waals surface area contributed by atoms with Gasteiger partial charge in [0.05, 0.1) is 23.9 Å². The lowest BCUT2D eigenvalue weighted by Crippen LogP contribution is -2.15. The second-order valence-corrected chi connectivity index (χ2v) is 7.89. The first-order chi connectivity index (χ1) is 12.9. The summed E-state index contributed by atoms with van der Waals surface area (Å²) in [6.07, 6.45) is 2.54. The van der Waals surface area contributed by atoms with E-state index in [9.17, 15) is 9.59 Å². The highest BCUT2D eigenvalue weighted by atomic mass is 32.2. The molecule has 2 N–H and O–H groups in total. The van der Waals surface area contributed by atoms with E-state index in [1.54, 1.807) is 18.0 Å². The molecule has 0 aliphatic heterocycles. The lowest BCUT2D eigenvalue weighted by molar-refractivity contribution is -0.136. The van der Waals surface area contributed by atoms with Crippen LogP contribution in [0, 0.1) is 5.92 Å². The van der Waals surface area contributed by atoms with Crippen molar-refractivity contribution in [1.82, 2.24) is 9.78 Å². The van der Waals surface area contributed by atoms with E-state index >= 15 is 0 Å². The number of nitrogens with zero attached hydrogens (tertiary/aromatic N) is 2. The molecule has 1 aromatic heterocycles. The Balaban J connectivity index is 2.02. The molecular formula is C20H27N3O3S. The number of thioether (sulfide) groups is 1. The number of rotatable bonds is 10. The summed E-state index contributed by atoms with van der Waals surface area (Å²) in [7, 11) is 0. The van der Waals surface area contributed by atoms with E-state index in [2.05, 4.69) is 24.3 Å². The lowest BCUT2D eigenvalue weighted by atomic mass is 10.1. The maximum atomic E-state index is 12.7. The molecule has 0 radical (unpaired) electrons. The van der Waals surface area contributed by atoms with Gasteiger partial charge in [-0.15, -0.1) is 0 Å². The summed E-state index contributed by atoms with van der Waals surface area (Å²) in [6, 6.07) is 7.65. The van der Waals surface area contributed by atoms with Gasteiger partial charge in [0.15, 0.2) is 0 Å². The predicted molar refractivity (Wildman–Crippen MR) is 109 cm³/mol. The highest BCUT2D eigenvalue weighted by molar-refractivity contribution is 7.98. The molecule has 2 aromatic rings. The molecule has 0 fully saturated rings. The molecule has 1 amide bonds. The van der Waals surface area contributed by atoms with Crippen LogP contribution in [0.5, 0.6) is 0 Å². The number of carboxylic acid groups (broad SMARTS) is 1. The van der Waals surface area contributed by atoms with Gasteiger partial charge in [-0.3, -0.25) is 14.3 Å². The summed E-state index contributed by atoms with van der Waals surface area (Å²) in [4.78, 5) is 23.3. The van der Waals surface area contributed by atoms with Gasteiger partial charge in [-0.25, -0.2) is 0 Å². The van der Waals surface area contributed by atoms with Gasteiger partial charge in [-0.2, -0.15) is 16.9 Å². The van der Waals surface area contributed by atoms with Gasteiger partial charge < -0.3 is 10.4 Å². The Morgan fingerprint density at radius 3 is 2.78 bits per heavy atom. The summed E-state index contributed by atoms with van der Waals surface area (Å²) < 4.78 is 1.91. The maximum absolute atomic E-state index is 12.7. The van der Waals surface area contributed by atoms with Crippen molar-refractivity contribution < 1.29 is 14.7 Å². The molecule has 1 aromatic carbocycles. The van der Waals surface area contributed by atoms with Crippen LogP contribution in [0.15, 0.2) is 30.5 Å². The average Bonchev–Trinajstić information content (AvgIpc) is 3.01. The van der Waals surface area contributed by atoms with Crippen LogP contribution in [0.25, 0.3) is 0 Å². The van der Waals surface area contributed by atoms with Gasteiger partial charge >= 0.3 is 5.97 Å². The monoisotopic (exact) mass is 389 g/mol. The number of nitrogens with one attached hydrogen (secondary N) is 1. The maximum Gasteiger partial charge on any atom is 0.304 e. The summed E-state index contributed by atoms with van der Waals surface area (Å²) in [5.41, 5.74) is 3.34. The van der Waals surface area contributed by atoms with Gasteiger partial charge in [-0.05, 0) is 30.0 Å². The molecule has 6 nitrogen and oxygen atoms in total. The van der Waals surface area contributed by atoms with Crippen molar-refractivity contribution in [2.24, 2.45) is 5.92 Å². The number of carbonyl (C=O) groups excluding carboxylic acids is 1. The number of aliphatic carboxylic acids is 1. The average molecular weight is 390 g/mol. The van der Waals surface area contributed by atoms with Crippen molar-refractivity contribution in [3.63, 3.8) is 0 Å². The Hall–Kier alpha value is -2.28. The zero-order valence-corrected chi connectivity index (χ0v) is 16.9. The number of carboxylic acids is 1. The van der Waals surface area contributed by atoms with Crippen LogP contribution in [0.3, 0.4) is 0 Å². The van der Waals surface area contributed by atoms with Crippen molar-refractivity contribution in [1.29, 1.82) is 0 Å². The fourth-order valence-electron chi connectivity index (χ4n) is 2.76. The molecule has 0 saturated carbocycles. The molecule has 0 unspecified atom stereocenters. The number of anilines is 1. The fourth-order valence-corrected chi connectivity index (χ4v) is 3.64. The molecule has 0 aliphatic carbocycles. The number of amides is 1. The third-order valence-electron chi connectivity index (χ3n) is 3.98. The quantitative estimate of drug-likeness (QED) is 0.599. The Morgan fingerprint density at radius 2 is 2.11 bits per heavy atom. The van der Waals surface area contributed by atoms with Gasteiger partial charge in [0, 0.05) is 23.7 Å². The van der Waals surface area contributed by atoms with Crippen LogP contribution in [0.4, 0.5) is 5.69 Å². The molecule has 7 heteroatoms. The van der Waals surface area contributed by atoms with Crippen LogP contribution >= 0.6 is 11.8 Å². The van der Waals surface area contributed by atoms with Gasteiger partial charge in [0.2, 0.25) is 0 Å². The predicted octanol–water partition coefficient (Wildman–Crippen LogP) is 4.06. The first-order valence-corrected chi connectivity index (χ1v) is 10.3. The third kappa shape index (κ3) is 6.43. The van der Waals surface area contributed by atoms with Gasteiger partial charge in [0.1, 0.15) is 0 Å². The zero-order valence-electron chi connectivity index (χ0n) is 16.1. The SMILES string of the molecule is CCc1c(C(=O)Nc2cccc(CSCCC(=O)O)c2)cnn1CC(C)C. The molecule has 0 bridgehead atoms. The van der Waals surface area contributed by atoms with E-state index in [-0.39, 0.29) is 12.3 Å². The second kappa shape index (κ2) is 10.2. The third-order valence-corrected chi connectivity index (χ3v) is 5.01. The lowest BCUT2D eigenvalue weighted by Gasteiger charge is -2.11. The molecule has 0 atom stereocenters. The van der Waals surface area contributed by atoms with E-state index in [0.717, 1.165) is 29.9 Å². The van der Waals surface area contributed by atoms with Crippen molar-refractivity contribution in [3.05, 3.63) is 47.3 Å². The summed E-state index contributed by atoms with van der Waals surface area (Å²) in [6.45, 7) is 7.07. The largest absolute Gasteiger partial charge is 0.481 e. The molecule has 0 aliphatic rings.